The molecular formula is C20H21F2N5O3S. The van der Waals surface area contributed by atoms with Gasteiger partial charge in [-0.2, -0.15) is 0 Å². The molecule has 31 heavy (non-hydrogen) atoms. The van der Waals surface area contributed by atoms with E-state index in [-0.39, 0.29) is 23.1 Å². The summed E-state index contributed by atoms with van der Waals surface area (Å²) in [5.74, 6) is -3.23. The molecule has 1 fully saturated rings. The number of hydrogen-bond donors (Lipinski definition) is 2. The molecule has 0 radical (unpaired) electrons. The fourth-order valence-electron chi connectivity index (χ4n) is 3.90. The van der Waals surface area contributed by atoms with Crippen molar-refractivity contribution in [2.45, 2.75) is 6.54 Å². The van der Waals surface area contributed by atoms with Crippen LogP contribution in [0.1, 0.15) is 15.4 Å². The molecule has 0 amide bonds. The monoisotopic (exact) mass is 449 g/mol. The van der Waals surface area contributed by atoms with Gasteiger partial charge >= 0.3 is 5.97 Å². The lowest BCUT2D eigenvalue weighted by atomic mass is 10.1. The molecule has 1 aromatic carbocycles. The van der Waals surface area contributed by atoms with Crippen molar-refractivity contribution in [1.29, 1.82) is 0 Å². The first kappa shape index (κ1) is 21.3. The number of rotatable bonds is 6. The maximum atomic E-state index is 15.7. The standard InChI is InChI=1S/C20H21F2N5O3S/c21-14-9-12-17(16(22)18(14)26-6-4-25(3-1-23)5-7-26)27(11-15-24-2-8-31-15)10-13(19(12)28)20(29)30/h2,8-10H,1,3-7,11,23H2,(H,29,30). The number of halogens is 2. The average molecular weight is 449 g/mol. The molecule has 3 N–H and O–H groups in total. The summed E-state index contributed by atoms with van der Waals surface area (Å²) in [6, 6.07) is 0.938. The van der Waals surface area contributed by atoms with E-state index >= 15 is 8.78 Å². The van der Waals surface area contributed by atoms with Crippen LogP contribution in [-0.4, -0.2) is 64.8 Å². The summed E-state index contributed by atoms with van der Waals surface area (Å²) >= 11 is 1.31. The Morgan fingerprint density at radius 1 is 1.26 bits per heavy atom. The second-order valence-electron chi connectivity index (χ2n) is 7.27. The van der Waals surface area contributed by atoms with Gasteiger partial charge in [-0.1, -0.05) is 0 Å². The van der Waals surface area contributed by atoms with Crippen molar-refractivity contribution < 1.29 is 18.7 Å². The molecule has 1 aliphatic rings. The summed E-state index contributed by atoms with van der Waals surface area (Å²) in [7, 11) is 0. The number of carboxylic acids is 1. The Kier molecular flexibility index (Phi) is 5.99. The second kappa shape index (κ2) is 8.69. The highest BCUT2D eigenvalue weighted by Crippen LogP contribution is 2.31. The fraction of sp³-hybridized carbons (Fsp3) is 0.350. The van der Waals surface area contributed by atoms with E-state index in [1.165, 1.54) is 15.9 Å². The van der Waals surface area contributed by atoms with Crippen LogP contribution in [0.2, 0.25) is 0 Å². The number of carboxylic acid groups (broad SMARTS) is 1. The van der Waals surface area contributed by atoms with Crippen molar-refractivity contribution in [3.05, 3.63) is 56.3 Å². The summed E-state index contributed by atoms with van der Waals surface area (Å²) in [6.07, 6.45) is 2.67. The average Bonchev–Trinajstić information content (AvgIpc) is 3.24. The van der Waals surface area contributed by atoms with Gasteiger partial charge in [0.1, 0.15) is 22.1 Å². The summed E-state index contributed by atoms with van der Waals surface area (Å²) < 4.78 is 32.1. The van der Waals surface area contributed by atoms with Crippen LogP contribution in [0.15, 0.2) is 28.6 Å². The molecule has 1 saturated heterocycles. The van der Waals surface area contributed by atoms with Crippen LogP contribution in [0.25, 0.3) is 10.9 Å². The van der Waals surface area contributed by atoms with Crippen molar-refractivity contribution in [2.75, 3.05) is 44.2 Å². The Morgan fingerprint density at radius 2 is 2.00 bits per heavy atom. The van der Waals surface area contributed by atoms with Crippen LogP contribution in [0.5, 0.6) is 0 Å². The molecule has 11 heteroatoms. The third-order valence-electron chi connectivity index (χ3n) is 5.38. The lowest BCUT2D eigenvalue weighted by Gasteiger charge is -2.36. The normalized spacial score (nSPS) is 15.0. The van der Waals surface area contributed by atoms with Crippen LogP contribution in [0.3, 0.4) is 0 Å². The molecule has 3 heterocycles. The van der Waals surface area contributed by atoms with Crippen molar-refractivity contribution >= 4 is 33.9 Å². The molecular weight excluding hydrogens is 428 g/mol. The van der Waals surface area contributed by atoms with Gasteiger partial charge < -0.3 is 20.3 Å². The molecule has 164 valence electrons. The Hall–Kier alpha value is -2.89. The number of nitrogens with zero attached hydrogens (tertiary/aromatic N) is 4. The highest BCUT2D eigenvalue weighted by atomic mass is 32.1. The summed E-state index contributed by atoms with van der Waals surface area (Å²) in [5, 5.41) is 11.4. The molecule has 0 aliphatic carbocycles. The third-order valence-corrected chi connectivity index (χ3v) is 6.15. The van der Waals surface area contributed by atoms with E-state index in [1.807, 2.05) is 0 Å². The Balaban J connectivity index is 1.86. The minimum atomic E-state index is -1.46. The number of carbonyl (C=O) groups is 1. The van der Waals surface area contributed by atoms with Gasteiger partial charge in [0.05, 0.1) is 17.4 Å². The highest BCUT2D eigenvalue weighted by Gasteiger charge is 2.27. The lowest BCUT2D eigenvalue weighted by molar-refractivity contribution is 0.0695. The summed E-state index contributed by atoms with van der Waals surface area (Å²) in [5.41, 5.74) is 3.76. The van der Waals surface area contributed by atoms with E-state index in [2.05, 4.69) is 9.88 Å². The number of aromatic nitrogens is 2. The topological polar surface area (TPSA) is 105 Å². The summed E-state index contributed by atoms with van der Waals surface area (Å²) in [4.78, 5) is 32.1. The molecule has 4 rings (SSSR count). The zero-order chi connectivity index (χ0) is 22.1. The smallest absolute Gasteiger partial charge is 0.341 e. The molecule has 3 aromatic rings. The van der Waals surface area contributed by atoms with Gasteiger partial charge in [0, 0.05) is 57.0 Å². The van der Waals surface area contributed by atoms with Gasteiger partial charge in [-0.05, 0) is 6.07 Å². The van der Waals surface area contributed by atoms with E-state index in [1.54, 1.807) is 16.5 Å². The number of benzene rings is 1. The first-order valence-electron chi connectivity index (χ1n) is 9.75. The SMILES string of the molecule is NCCN1CCN(c2c(F)cc3c(=O)c(C(=O)O)cn(Cc4nccs4)c3c2F)CC1. The maximum Gasteiger partial charge on any atom is 0.341 e. The molecule has 0 saturated carbocycles. The molecule has 0 atom stereocenters. The van der Waals surface area contributed by atoms with E-state index in [4.69, 9.17) is 5.73 Å². The Bertz CT molecular complexity index is 1170. The van der Waals surface area contributed by atoms with Crippen molar-refractivity contribution in [1.82, 2.24) is 14.5 Å². The number of anilines is 1. The minimum absolute atomic E-state index is 0.0565. The molecule has 0 unspecified atom stereocenters. The zero-order valence-corrected chi connectivity index (χ0v) is 17.4. The zero-order valence-electron chi connectivity index (χ0n) is 16.6. The van der Waals surface area contributed by atoms with Crippen molar-refractivity contribution in [3.63, 3.8) is 0 Å². The number of aromatic carboxylic acids is 1. The number of piperazine rings is 1. The highest BCUT2D eigenvalue weighted by molar-refractivity contribution is 7.09. The summed E-state index contributed by atoms with van der Waals surface area (Å²) in [6.45, 7) is 3.30. The van der Waals surface area contributed by atoms with Crippen LogP contribution < -0.4 is 16.1 Å². The van der Waals surface area contributed by atoms with Crippen LogP contribution >= 0.6 is 11.3 Å². The van der Waals surface area contributed by atoms with E-state index in [0.29, 0.717) is 44.3 Å². The predicted molar refractivity (Wildman–Crippen MR) is 114 cm³/mol. The van der Waals surface area contributed by atoms with Gasteiger partial charge in [-0.25, -0.2) is 18.6 Å². The number of hydrogen-bond acceptors (Lipinski definition) is 7. The van der Waals surface area contributed by atoms with E-state index in [9.17, 15) is 14.7 Å². The predicted octanol–water partition coefficient (Wildman–Crippen LogP) is 1.56. The number of pyridine rings is 1. The van der Waals surface area contributed by atoms with Gasteiger partial charge in [0.25, 0.3) is 0 Å². The number of fused-ring (bicyclic) bond motifs is 1. The molecule has 2 aromatic heterocycles. The van der Waals surface area contributed by atoms with Gasteiger partial charge in [-0.3, -0.25) is 9.69 Å². The molecule has 0 bridgehead atoms. The van der Waals surface area contributed by atoms with Crippen LogP contribution in [-0.2, 0) is 6.54 Å². The van der Waals surface area contributed by atoms with E-state index in [0.717, 1.165) is 12.3 Å². The number of thiazole rings is 1. The third kappa shape index (κ3) is 4.03. The van der Waals surface area contributed by atoms with Crippen LogP contribution in [0.4, 0.5) is 14.5 Å². The first-order valence-corrected chi connectivity index (χ1v) is 10.6. The van der Waals surface area contributed by atoms with Crippen LogP contribution in [0, 0.1) is 11.6 Å². The number of nitrogens with two attached hydrogens (primary N) is 1. The fourth-order valence-corrected chi connectivity index (χ4v) is 4.51. The largest absolute Gasteiger partial charge is 0.477 e. The molecule has 0 spiro atoms. The van der Waals surface area contributed by atoms with Crippen molar-refractivity contribution in [3.8, 4) is 0 Å². The van der Waals surface area contributed by atoms with Gasteiger partial charge in [-0.15, -0.1) is 11.3 Å². The molecule has 1 aliphatic heterocycles. The lowest BCUT2D eigenvalue weighted by Crippen LogP contribution is -2.48. The second-order valence-corrected chi connectivity index (χ2v) is 8.24. The maximum absolute atomic E-state index is 15.7. The Morgan fingerprint density at radius 3 is 2.61 bits per heavy atom. The van der Waals surface area contributed by atoms with E-state index < -0.39 is 28.6 Å². The molecule has 8 nitrogen and oxygen atoms in total. The quantitative estimate of drug-likeness (QED) is 0.589. The van der Waals surface area contributed by atoms with Gasteiger partial charge in [0.15, 0.2) is 5.82 Å². The minimum Gasteiger partial charge on any atom is -0.477 e. The first-order chi connectivity index (χ1) is 14.9. The van der Waals surface area contributed by atoms with Crippen molar-refractivity contribution in [2.24, 2.45) is 5.73 Å². The van der Waals surface area contributed by atoms with Gasteiger partial charge in [0.2, 0.25) is 5.43 Å². The Labute approximate surface area is 180 Å².